The van der Waals surface area contributed by atoms with Crippen LogP contribution in [-0.4, -0.2) is 42.9 Å². The zero-order valence-electron chi connectivity index (χ0n) is 20.8. The van der Waals surface area contributed by atoms with E-state index in [1.54, 1.807) is 29.1 Å². The van der Waals surface area contributed by atoms with E-state index in [1.807, 2.05) is 20.8 Å². The summed E-state index contributed by atoms with van der Waals surface area (Å²) in [5, 5.41) is 27.9. The Morgan fingerprint density at radius 3 is 2.57 bits per heavy atom. The first-order chi connectivity index (χ1) is 16.8. The average Bonchev–Trinajstić information content (AvgIpc) is 3.44. The molecule has 0 aliphatic heterocycles. The van der Waals surface area contributed by atoms with Crippen molar-refractivity contribution in [2.45, 2.75) is 66.0 Å². The van der Waals surface area contributed by atoms with Crippen LogP contribution in [0.2, 0.25) is 0 Å². The first kappa shape index (κ1) is 24.5. The second-order valence-corrected chi connectivity index (χ2v) is 9.53. The Hall–Kier alpha value is -3.62. The fourth-order valence-electron chi connectivity index (χ4n) is 5.00. The van der Waals surface area contributed by atoms with Crippen molar-refractivity contribution in [1.29, 1.82) is 0 Å². The van der Waals surface area contributed by atoms with Crippen LogP contribution in [0.5, 0.6) is 5.75 Å². The number of aromatic hydroxyl groups is 1. The number of carbonyl (C=O) groups excluding carboxylic acids is 2. The maximum atomic E-state index is 13.4. The Bertz CT molecular complexity index is 1190. The molecule has 0 bridgehead atoms. The summed E-state index contributed by atoms with van der Waals surface area (Å²) in [5.41, 5.74) is 4.03. The van der Waals surface area contributed by atoms with Gasteiger partial charge < -0.3 is 15.7 Å². The third-order valence-electron chi connectivity index (χ3n) is 7.01. The fourth-order valence-corrected chi connectivity index (χ4v) is 5.00. The molecule has 0 radical (unpaired) electrons. The lowest BCUT2D eigenvalue weighted by Crippen LogP contribution is -2.49. The van der Waals surface area contributed by atoms with E-state index in [4.69, 9.17) is 0 Å². The minimum absolute atomic E-state index is 0.0391. The van der Waals surface area contributed by atoms with Crippen LogP contribution >= 0.6 is 0 Å². The molecule has 1 aliphatic carbocycles. The van der Waals surface area contributed by atoms with Gasteiger partial charge in [0, 0.05) is 41.3 Å². The third-order valence-corrected chi connectivity index (χ3v) is 7.01. The summed E-state index contributed by atoms with van der Waals surface area (Å²) in [6.07, 6.45) is 5.38. The fraction of sp³-hybridized carbons (Fsp3) is 0.462. The van der Waals surface area contributed by atoms with Crippen LogP contribution in [0.4, 0.5) is 5.69 Å². The number of anilines is 1. The van der Waals surface area contributed by atoms with E-state index >= 15 is 0 Å². The first-order valence-electron chi connectivity index (χ1n) is 12.3. The van der Waals surface area contributed by atoms with Crippen LogP contribution in [0.1, 0.15) is 61.4 Å². The number of phenols is 1. The third kappa shape index (κ3) is 5.23. The maximum absolute atomic E-state index is 13.4. The number of aromatic nitrogens is 4. The number of hydrogen-bond donors (Lipinski definition) is 4. The van der Waals surface area contributed by atoms with Gasteiger partial charge in [-0.2, -0.15) is 10.2 Å². The smallest absolute Gasteiger partial charge is 0.270 e. The number of rotatable bonds is 7. The maximum Gasteiger partial charge on any atom is 0.270 e. The van der Waals surface area contributed by atoms with Gasteiger partial charge in [0.25, 0.3) is 5.91 Å². The molecule has 4 N–H and O–H groups in total. The second kappa shape index (κ2) is 10.3. The molecule has 9 heteroatoms. The van der Waals surface area contributed by atoms with Crippen molar-refractivity contribution in [3.05, 3.63) is 47.5 Å². The summed E-state index contributed by atoms with van der Waals surface area (Å²) < 4.78 is 1.61. The van der Waals surface area contributed by atoms with E-state index in [1.165, 1.54) is 6.07 Å². The largest absolute Gasteiger partial charge is 0.507 e. The molecule has 2 amide bonds. The number of benzene rings is 1. The molecule has 1 saturated carbocycles. The highest BCUT2D eigenvalue weighted by Gasteiger charge is 2.33. The van der Waals surface area contributed by atoms with Gasteiger partial charge in [-0.05, 0) is 63.6 Å². The van der Waals surface area contributed by atoms with E-state index in [2.05, 4.69) is 32.9 Å². The van der Waals surface area contributed by atoms with Crippen molar-refractivity contribution in [3.63, 3.8) is 0 Å². The molecule has 1 fully saturated rings. The zero-order chi connectivity index (χ0) is 25.1. The number of phenolic OH excluding ortho intramolecular Hbond substituents is 1. The van der Waals surface area contributed by atoms with E-state index in [0.29, 0.717) is 29.4 Å². The highest BCUT2D eigenvalue weighted by molar-refractivity contribution is 6.01. The SMILES string of the molecule is CCn1nccc1C(=O)N[C@H](C(=O)Nc1ccc(-c2c(C)n[nH]c2C)c(O)c1)C1CCC(C)CC1. The summed E-state index contributed by atoms with van der Waals surface area (Å²) >= 11 is 0. The van der Waals surface area contributed by atoms with Crippen molar-refractivity contribution in [3.8, 4) is 16.9 Å². The average molecular weight is 479 g/mol. The van der Waals surface area contributed by atoms with Gasteiger partial charge in [-0.1, -0.05) is 19.8 Å². The topological polar surface area (TPSA) is 125 Å². The lowest BCUT2D eigenvalue weighted by molar-refractivity contribution is -0.119. The Labute approximate surface area is 205 Å². The van der Waals surface area contributed by atoms with Gasteiger partial charge in [0.2, 0.25) is 5.91 Å². The second-order valence-electron chi connectivity index (χ2n) is 9.53. The standard InChI is InChI=1S/C26H34N6O3/c1-5-32-21(12-13-27-32)25(34)29-24(18-8-6-15(2)7-9-18)26(35)28-19-10-11-20(22(33)14-19)23-16(3)30-31-17(23)4/h10-15,18,24,33H,5-9H2,1-4H3,(H,28,35)(H,29,34)(H,30,31)/t15?,18?,24-/m0/s1. The quantitative estimate of drug-likeness (QED) is 0.405. The predicted octanol–water partition coefficient (Wildman–Crippen LogP) is 4.18. The molecule has 2 aromatic heterocycles. The van der Waals surface area contributed by atoms with Crippen LogP contribution in [0.3, 0.4) is 0 Å². The molecule has 0 saturated heterocycles. The van der Waals surface area contributed by atoms with Crippen molar-refractivity contribution in [2.75, 3.05) is 5.32 Å². The van der Waals surface area contributed by atoms with Crippen LogP contribution in [0, 0.1) is 25.7 Å². The van der Waals surface area contributed by atoms with E-state index in [9.17, 15) is 14.7 Å². The molecular weight excluding hydrogens is 444 g/mol. The summed E-state index contributed by atoms with van der Waals surface area (Å²) in [7, 11) is 0. The van der Waals surface area contributed by atoms with Gasteiger partial charge in [-0.25, -0.2) is 0 Å². The van der Waals surface area contributed by atoms with Gasteiger partial charge in [-0.3, -0.25) is 19.4 Å². The molecule has 35 heavy (non-hydrogen) atoms. The number of aryl methyl sites for hydroxylation is 3. The predicted molar refractivity (Wildman–Crippen MR) is 134 cm³/mol. The van der Waals surface area contributed by atoms with E-state index in [-0.39, 0.29) is 23.5 Å². The molecule has 0 spiro atoms. The van der Waals surface area contributed by atoms with E-state index < -0.39 is 6.04 Å². The molecule has 9 nitrogen and oxygen atoms in total. The Balaban J connectivity index is 1.55. The monoisotopic (exact) mass is 478 g/mol. The zero-order valence-corrected chi connectivity index (χ0v) is 20.8. The lowest BCUT2D eigenvalue weighted by atomic mass is 9.79. The van der Waals surface area contributed by atoms with Gasteiger partial charge in [0.05, 0.1) is 5.69 Å². The van der Waals surface area contributed by atoms with Gasteiger partial charge in [0.1, 0.15) is 17.5 Å². The minimum atomic E-state index is -0.685. The summed E-state index contributed by atoms with van der Waals surface area (Å²) in [4.78, 5) is 26.5. The first-order valence-corrected chi connectivity index (χ1v) is 12.3. The number of carbonyl (C=O) groups is 2. The number of nitrogens with zero attached hydrogens (tertiary/aromatic N) is 3. The molecule has 186 valence electrons. The highest BCUT2D eigenvalue weighted by atomic mass is 16.3. The number of amides is 2. The Kier molecular flexibility index (Phi) is 7.23. The number of hydrogen-bond acceptors (Lipinski definition) is 5. The van der Waals surface area contributed by atoms with Crippen LogP contribution < -0.4 is 10.6 Å². The Morgan fingerprint density at radius 2 is 1.94 bits per heavy atom. The molecule has 1 atom stereocenters. The molecule has 0 unspecified atom stereocenters. The lowest BCUT2D eigenvalue weighted by Gasteiger charge is -2.32. The van der Waals surface area contributed by atoms with Gasteiger partial charge >= 0.3 is 0 Å². The highest BCUT2D eigenvalue weighted by Crippen LogP contribution is 2.35. The summed E-state index contributed by atoms with van der Waals surface area (Å²) in [6.45, 7) is 8.47. The molecule has 1 aromatic carbocycles. The van der Waals surface area contributed by atoms with Gasteiger partial charge in [0.15, 0.2) is 0 Å². The number of aromatic amines is 1. The Morgan fingerprint density at radius 1 is 1.20 bits per heavy atom. The van der Waals surface area contributed by atoms with Crippen molar-refractivity contribution in [1.82, 2.24) is 25.3 Å². The normalized spacial score (nSPS) is 18.7. The van der Waals surface area contributed by atoms with Crippen LogP contribution in [0.15, 0.2) is 30.5 Å². The number of H-pyrrole nitrogens is 1. The summed E-state index contributed by atoms with van der Waals surface area (Å²) in [6, 6.07) is 6.04. The minimum Gasteiger partial charge on any atom is -0.507 e. The van der Waals surface area contributed by atoms with E-state index in [0.717, 1.165) is 42.6 Å². The molecule has 1 aliphatic rings. The molecule has 4 rings (SSSR count). The van der Waals surface area contributed by atoms with Crippen molar-refractivity contribution >= 4 is 17.5 Å². The van der Waals surface area contributed by atoms with Crippen LogP contribution in [0.25, 0.3) is 11.1 Å². The molecule has 2 heterocycles. The number of nitrogens with one attached hydrogen (secondary N) is 3. The molecule has 3 aromatic rings. The van der Waals surface area contributed by atoms with Gasteiger partial charge in [-0.15, -0.1) is 0 Å². The van der Waals surface area contributed by atoms with Crippen molar-refractivity contribution < 1.29 is 14.7 Å². The van der Waals surface area contributed by atoms with Crippen molar-refractivity contribution in [2.24, 2.45) is 11.8 Å². The summed E-state index contributed by atoms with van der Waals surface area (Å²) in [5.74, 6) is 0.105. The molecular formula is C26H34N6O3. The van der Waals surface area contributed by atoms with Crippen LogP contribution in [-0.2, 0) is 11.3 Å².